The quantitative estimate of drug-likeness (QED) is 0.241. The first kappa shape index (κ1) is 23.2. The van der Waals surface area contributed by atoms with Gasteiger partial charge in [0.15, 0.2) is 10.9 Å². The van der Waals surface area contributed by atoms with Crippen molar-refractivity contribution in [3.05, 3.63) is 64.4 Å². The predicted octanol–water partition coefficient (Wildman–Crippen LogP) is 3.28. The maximum atomic E-state index is 13.0. The van der Waals surface area contributed by atoms with Gasteiger partial charge in [-0.15, -0.1) is 0 Å². The number of aromatic nitrogens is 2. The third-order valence-electron chi connectivity index (χ3n) is 4.74. The molecule has 1 heterocycles. The van der Waals surface area contributed by atoms with Crippen LogP contribution < -0.4 is 10.9 Å². The highest BCUT2D eigenvalue weighted by Crippen LogP contribution is 2.26. The molecule has 1 amide bonds. The molecule has 0 fully saturated rings. The highest BCUT2D eigenvalue weighted by molar-refractivity contribution is 8.00. The van der Waals surface area contributed by atoms with Crippen molar-refractivity contribution in [2.45, 2.75) is 37.2 Å². The zero-order valence-electron chi connectivity index (χ0n) is 18.0. The number of para-hydroxylation sites is 1. The molecule has 0 radical (unpaired) electrons. The van der Waals surface area contributed by atoms with Crippen molar-refractivity contribution in [1.82, 2.24) is 9.55 Å². The van der Waals surface area contributed by atoms with Crippen LogP contribution in [0.15, 0.2) is 58.5 Å². The zero-order valence-corrected chi connectivity index (χ0v) is 18.8. The van der Waals surface area contributed by atoms with Crippen LogP contribution in [0.1, 0.15) is 30.6 Å². The number of carbonyl (C=O) groups is 3. The number of nitrogens with zero attached hydrogens (tertiary/aromatic N) is 2. The van der Waals surface area contributed by atoms with Crippen molar-refractivity contribution in [1.29, 1.82) is 0 Å². The maximum Gasteiger partial charge on any atom is 0.307 e. The molecule has 1 aromatic heterocycles. The number of hydrogen-bond donors (Lipinski definition) is 1. The molecule has 9 heteroatoms. The van der Waals surface area contributed by atoms with Crippen molar-refractivity contribution in [3.63, 3.8) is 0 Å². The van der Waals surface area contributed by atoms with E-state index in [0.29, 0.717) is 27.3 Å². The first-order chi connectivity index (χ1) is 15.3. The first-order valence-electron chi connectivity index (χ1n) is 9.95. The fraction of sp³-hybridized carbons (Fsp3) is 0.261. The third kappa shape index (κ3) is 5.42. The number of esters is 1. The number of amides is 1. The number of thioether (sulfide) groups is 1. The minimum absolute atomic E-state index is 0.0108. The van der Waals surface area contributed by atoms with E-state index in [-0.39, 0.29) is 30.2 Å². The van der Waals surface area contributed by atoms with Gasteiger partial charge < -0.3 is 10.1 Å². The summed E-state index contributed by atoms with van der Waals surface area (Å²) < 4.78 is 6.10. The summed E-state index contributed by atoms with van der Waals surface area (Å²) in [6.45, 7) is 3.24. The lowest BCUT2D eigenvalue weighted by molar-refractivity contribution is -0.140. The van der Waals surface area contributed by atoms with Gasteiger partial charge in [0.2, 0.25) is 5.91 Å². The summed E-state index contributed by atoms with van der Waals surface area (Å²) in [6.07, 6.45) is 0.0108. The zero-order chi connectivity index (χ0) is 23.3. The molecule has 0 aliphatic heterocycles. The van der Waals surface area contributed by atoms with Gasteiger partial charge in [0.1, 0.15) is 0 Å². The van der Waals surface area contributed by atoms with Crippen molar-refractivity contribution in [3.8, 4) is 0 Å². The predicted molar refractivity (Wildman–Crippen MR) is 123 cm³/mol. The van der Waals surface area contributed by atoms with Crippen LogP contribution in [0.5, 0.6) is 0 Å². The Morgan fingerprint density at radius 3 is 2.47 bits per heavy atom. The molecule has 3 rings (SSSR count). The minimum atomic E-state index is -0.543. The van der Waals surface area contributed by atoms with E-state index in [9.17, 15) is 19.2 Å². The van der Waals surface area contributed by atoms with Gasteiger partial charge in [0, 0.05) is 24.7 Å². The number of nitrogens with one attached hydrogen (secondary N) is 1. The Morgan fingerprint density at radius 2 is 1.81 bits per heavy atom. The van der Waals surface area contributed by atoms with Crippen LogP contribution in [0.2, 0.25) is 0 Å². The van der Waals surface area contributed by atoms with E-state index >= 15 is 0 Å². The molecule has 0 aliphatic rings. The van der Waals surface area contributed by atoms with E-state index in [1.165, 1.54) is 18.6 Å². The number of hydrogen-bond acceptors (Lipinski definition) is 7. The molecular formula is C23H23N3O5S. The summed E-state index contributed by atoms with van der Waals surface area (Å²) >= 11 is 1.16. The van der Waals surface area contributed by atoms with E-state index in [2.05, 4.69) is 15.0 Å². The second kappa shape index (κ2) is 10.2. The molecule has 8 nitrogen and oxygen atoms in total. The summed E-state index contributed by atoms with van der Waals surface area (Å²) in [4.78, 5) is 53.4. The lowest BCUT2D eigenvalue weighted by Gasteiger charge is -2.16. The van der Waals surface area contributed by atoms with Crippen molar-refractivity contribution in [2.75, 3.05) is 12.4 Å². The summed E-state index contributed by atoms with van der Waals surface area (Å²) in [7, 11) is 1.29. The second-order valence-electron chi connectivity index (χ2n) is 7.08. The normalized spacial score (nSPS) is 11.7. The van der Waals surface area contributed by atoms with E-state index in [0.717, 1.165) is 11.8 Å². The molecule has 166 valence electrons. The van der Waals surface area contributed by atoms with Gasteiger partial charge in [-0.05, 0) is 43.3 Å². The van der Waals surface area contributed by atoms with Crippen LogP contribution in [0.25, 0.3) is 10.9 Å². The van der Waals surface area contributed by atoms with Crippen molar-refractivity contribution < 1.29 is 19.1 Å². The molecule has 0 unspecified atom stereocenters. The molecule has 1 atom stereocenters. The average Bonchev–Trinajstić information content (AvgIpc) is 2.78. The Kier molecular flexibility index (Phi) is 7.42. The Labute approximate surface area is 189 Å². The Morgan fingerprint density at radius 1 is 1.12 bits per heavy atom. The smallest absolute Gasteiger partial charge is 0.307 e. The lowest BCUT2D eigenvalue weighted by atomic mass is 10.1. The highest BCUT2D eigenvalue weighted by atomic mass is 32.2. The number of anilines is 1. The van der Waals surface area contributed by atoms with Crippen LogP contribution >= 0.6 is 11.8 Å². The Balaban J connectivity index is 1.88. The number of carbonyl (C=O) groups excluding carboxylic acids is 3. The van der Waals surface area contributed by atoms with E-state index in [4.69, 9.17) is 0 Å². The third-order valence-corrected chi connectivity index (χ3v) is 5.83. The van der Waals surface area contributed by atoms with Gasteiger partial charge in [0.05, 0.1) is 29.7 Å². The Bertz CT molecular complexity index is 1220. The van der Waals surface area contributed by atoms with E-state index in [1.54, 1.807) is 55.5 Å². The topological polar surface area (TPSA) is 107 Å². The molecule has 1 N–H and O–H groups in total. The second-order valence-corrected chi connectivity index (χ2v) is 8.39. The van der Waals surface area contributed by atoms with Crippen LogP contribution in [0, 0.1) is 0 Å². The highest BCUT2D eigenvalue weighted by Gasteiger charge is 2.21. The lowest BCUT2D eigenvalue weighted by Crippen LogP contribution is -2.26. The van der Waals surface area contributed by atoms with Gasteiger partial charge in [0.25, 0.3) is 5.56 Å². The maximum absolute atomic E-state index is 13.0. The van der Waals surface area contributed by atoms with Gasteiger partial charge >= 0.3 is 5.97 Å². The number of methoxy groups -OCH3 is 1. The molecular weight excluding hydrogens is 430 g/mol. The van der Waals surface area contributed by atoms with Crippen LogP contribution in [-0.2, 0) is 20.9 Å². The van der Waals surface area contributed by atoms with Crippen LogP contribution in [0.4, 0.5) is 5.69 Å². The largest absolute Gasteiger partial charge is 0.469 e. The molecule has 0 saturated heterocycles. The fourth-order valence-corrected chi connectivity index (χ4v) is 4.12. The average molecular weight is 454 g/mol. The number of benzene rings is 2. The standard InChI is InChI=1S/C23H23N3O5S/c1-14(21(29)16-8-10-17(11-9-16)24-15(2)27)32-23-25-19-7-5-4-6-18(19)22(30)26(23)13-12-20(28)31-3/h4-11,14H,12-13H2,1-3H3,(H,24,27)/t14-/m0/s1. The molecule has 32 heavy (non-hydrogen) atoms. The van der Waals surface area contributed by atoms with Gasteiger partial charge in [-0.1, -0.05) is 23.9 Å². The van der Waals surface area contributed by atoms with E-state index in [1.807, 2.05) is 0 Å². The molecule has 0 aliphatic carbocycles. The van der Waals surface area contributed by atoms with Gasteiger partial charge in [-0.3, -0.25) is 23.7 Å². The molecule has 3 aromatic rings. The van der Waals surface area contributed by atoms with E-state index < -0.39 is 11.2 Å². The summed E-state index contributed by atoms with van der Waals surface area (Å²) in [5, 5.41) is 2.91. The van der Waals surface area contributed by atoms with Gasteiger partial charge in [-0.2, -0.15) is 0 Å². The summed E-state index contributed by atoms with van der Waals surface area (Å²) in [5.74, 6) is -0.781. The number of ketones is 1. The first-order valence-corrected chi connectivity index (χ1v) is 10.8. The Hall–Kier alpha value is -3.46. The van der Waals surface area contributed by atoms with Crippen LogP contribution in [0.3, 0.4) is 0 Å². The monoisotopic (exact) mass is 453 g/mol. The number of rotatable bonds is 8. The molecule has 0 bridgehead atoms. The minimum Gasteiger partial charge on any atom is -0.469 e. The number of Topliss-reactive ketones (excluding diaryl/α,β-unsaturated/α-hetero) is 1. The number of fused-ring (bicyclic) bond motifs is 1. The van der Waals surface area contributed by atoms with Crippen molar-refractivity contribution >= 4 is 46.0 Å². The van der Waals surface area contributed by atoms with Crippen molar-refractivity contribution in [2.24, 2.45) is 0 Å². The van der Waals surface area contributed by atoms with Gasteiger partial charge in [-0.25, -0.2) is 4.98 Å². The molecule has 2 aromatic carbocycles. The summed E-state index contributed by atoms with van der Waals surface area (Å²) in [5.41, 5.74) is 1.32. The molecule has 0 saturated carbocycles. The molecule has 0 spiro atoms. The number of ether oxygens (including phenoxy) is 1. The van der Waals surface area contributed by atoms with Crippen LogP contribution in [-0.4, -0.2) is 39.6 Å². The SMILES string of the molecule is COC(=O)CCn1c(S[C@@H](C)C(=O)c2ccc(NC(C)=O)cc2)nc2ccccc2c1=O. The fourth-order valence-electron chi connectivity index (χ4n) is 3.11. The summed E-state index contributed by atoms with van der Waals surface area (Å²) in [6, 6.07) is 13.6.